The summed E-state index contributed by atoms with van der Waals surface area (Å²) in [4.78, 5) is 15.0. The molecule has 1 aliphatic heterocycles. The van der Waals surface area contributed by atoms with Gasteiger partial charge in [0, 0.05) is 41.6 Å². The fourth-order valence-corrected chi connectivity index (χ4v) is 4.70. The minimum atomic E-state index is -0.0549. The number of amides is 1. The number of aromatic nitrogens is 3. The summed E-state index contributed by atoms with van der Waals surface area (Å²) in [6, 6.07) is 13.8. The minimum Gasteiger partial charge on any atom is -0.372 e. The Kier molecular flexibility index (Phi) is 6.83. The van der Waals surface area contributed by atoms with E-state index < -0.39 is 0 Å². The molecule has 6 nitrogen and oxygen atoms in total. The first-order valence-corrected chi connectivity index (χ1v) is 11.9. The van der Waals surface area contributed by atoms with Gasteiger partial charge in [0.15, 0.2) is 11.0 Å². The van der Waals surface area contributed by atoms with E-state index in [9.17, 15) is 4.79 Å². The summed E-state index contributed by atoms with van der Waals surface area (Å²) in [7, 11) is 0. The molecule has 1 fully saturated rings. The van der Waals surface area contributed by atoms with Crippen LogP contribution in [-0.4, -0.2) is 39.5 Å². The van der Waals surface area contributed by atoms with Crippen LogP contribution in [-0.2, 0) is 11.3 Å². The molecule has 8 heteroatoms. The van der Waals surface area contributed by atoms with Crippen LogP contribution in [0.25, 0.3) is 11.4 Å². The third-order valence-electron chi connectivity index (χ3n) is 5.42. The lowest BCUT2D eigenvalue weighted by Crippen LogP contribution is -2.18. The highest BCUT2D eigenvalue weighted by molar-refractivity contribution is 7.99. The molecule has 1 N–H and O–H groups in total. The molecule has 1 amide bonds. The molecule has 31 heavy (non-hydrogen) atoms. The van der Waals surface area contributed by atoms with Crippen molar-refractivity contribution in [1.82, 2.24) is 14.8 Å². The van der Waals surface area contributed by atoms with E-state index in [1.165, 1.54) is 30.3 Å². The second kappa shape index (κ2) is 9.75. The van der Waals surface area contributed by atoms with Gasteiger partial charge in [-0.2, -0.15) is 0 Å². The van der Waals surface area contributed by atoms with Crippen molar-refractivity contribution in [3.8, 4) is 11.4 Å². The van der Waals surface area contributed by atoms with E-state index in [2.05, 4.69) is 32.5 Å². The highest BCUT2D eigenvalue weighted by Gasteiger charge is 2.16. The molecule has 0 unspecified atom stereocenters. The van der Waals surface area contributed by atoms with Gasteiger partial charge in [0.1, 0.15) is 0 Å². The lowest BCUT2D eigenvalue weighted by Gasteiger charge is -2.19. The fraction of sp³-hybridized carbons (Fsp3) is 0.348. The summed E-state index contributed by atoms with van der Waals surface area (Å²) in [5.41, 5.74) is 4.11. The van der Waals surface area contributed by atoms with Crippen molar-refractivity contribution in [2.24, 2.45) is 0 Å². The number of carbonyl (C=O) groups excluding carboxylic acids is 1. The Labute approximate surface area is 192 Å². The van der Waals surface area contributed by atoms with Crippen LogP contribution in [0.5, 0.6) is 0 Å². The molecule has 2 aromatic carbocycles. The summed E-state index contributed by atoms with van der Waals surface area (Å²) in [6.45, 7) is 7.01. The predicted octanol–water partition coefficient (Wildman–Crippen LogP) is 5.26. The number of thioether (sulfide) groups is 1. The third kappa shape index (κ3) is 5.05. The van der Waals surface area contributed by atoms with Crippen molar-refractivity contribution >= 4 is 40.6 Å². The lowest BCUT2D eigenvalue weighted by atomic mass is 10.1. The summed E-state index contributed by atoms with van der Waals surface area (Å²) in [6.07, 6.45) is 2.49. The molecule has 0 radical (unpaired) electrons. The number of hydrogen-bond donors (Lipinski definition) is 1. The first-order valence-electron chi connectivity index (χ1n) is 10.5. The highest BCUT2D eigenvalue weighted by atomic mass is 35.5. The molecule has 0 saturated carbocycles. The number of aryl methyl sites for hydroxylation is 1. The molecule has 2 heterocycles. The van der Waals surface area contributed by atoms with Crippen molar-refractivity contribution < 1.29 is 4.79 Å². The zero-order valence-electron chi connectivity index (χ0n) is 17.8. The molecule has 1 saturated heterocycles. The third-order valence-corrected chi connectivity index (χ3v) is 6.64. The quantitative estimate of drug-likeness (QED) is 0.492. The normalized spacial score (nSPS) is 13.6. The van der Waals surface area contributed by atoms with Crippen molar-refractivity contribution in [1.29, 1.82) is 0 Å². The molecule has 0 atom stereocenters. The molecule has 1 aromatic heterocycles. The number of halogens is 1. The SMILES string of the molecule is CCn1c(SCC(=O)Nc2ccc(N3CCCC3)cc2C)nnc1-c1ccc(Cl)cc1. The molecular formula is C23H26ClN5OS. The topological polar surface area (TPSA) is 63.1 Å². The Bertz CT molecular complexity index is 1060. The van der Waals surface area contributed by atoms with Crippen LogP contribution in [0, 0.1) is 6.92 Å². The average molecular weight is 456 g/mol. The number of rotatable bonds is 7. The van der Waals surface area contributed by atoms with E-state index in [-0.39, 0.29) is 11.7 Å². The standard InChI is InChI=1S/C23H26ClN5OS/c1-3-29-22(17-6-8-18(24)9-7-17)26-27-23(29)31-15-21(30)25-20-11-10-19(14-16(20)2)28-12-4-5-13-28/h6-11,14H,3-5,12-13,15H2,1-2H3,(H,25,30). The monoisotopic (exact) mass is 455 g/mol. The summed E-state index contributed by atoms with van der Waals surface area (Å²) < 4.78 is 2.01. The fourth-order valence-electron chi connectivity index (χ4n) is 3.77. The van der Waals surface area contributed by atoms with Gasteiger partial charge in [0.25, 0.3) is 0 Å². The van der Waals surface area contributed by atoms with Gasteiger partial charge in [0.2, 0.25) is 5.91 Å². The van der Waals surface area contributed by atoms with Gasteiger partial charge < -0.3 is 14.8 Å². The largest absolute Gasteiger partial charge is 0.372 e. The summed E-state index contributed by atoms with van der Waals surface area (Å²) in [5.74, 6) is 0.989. The van der Waals surface area contributed by atoms with Crippen molar-refractivity contribution in [3.63, 3.8) is 0 Å². The maximum absolute atomic E-state index is 12.6. The zero-order chi connectivity index (χ0) is 21.8. The number of benzene rings is 2. The maximum atomic E-state index is 12.6. The number of anilines is 2. The van der Waals surface area contributed by atoms with E-state index in [1.54, 1.807) is 0 Å². The Morgan fingerprint density at radius 2 is 1.87 bits per heavy atom. The van der Waals surface area contributed by atoms with Gasteiger partial charge >= 0.3 is 0 Å². The average Bonchev–Trinajstić information content (AvgIpc) is 3.44. The van der Waals surface area contributed by atoms with Crippen LogP contribution in [0.3, 0.4) is 0 Å². The molecule has 162 valence electrons. The van der Waals surface area contributed by atoms with E-state index in [0.717, 1.165) is 40.9 Å². The van der Waals surface area contributed by atoms with E-state index >= 15 is 0 Å². The number of carbonyl (C=O) groups is 1. The minimum absolute atomic E-state index is 0.0549. The van der Waals surface area contributed by atoms with Gasteiger partial charge in [-0.25, -0.2) is 0 Å². The van der Waals surface area contributed by atoms with Crippen LogP contribution < -0.4 is 10.2 Å². The van der Waals surface area contributed by atoms with Gasteiger partial charge in [-0.1, -0.05) is 23.4 Å². The van der Waals surface area contributed by atoms with Crippen molar-refractivity contribution in [3.05, 3.63) is 53.1 Å². The van der Waals surface area contributed by atoms with Crippen molar-refractivity contribution in [2.75, 3.05) is 29.1 Å². The highest BCUT2D eigenvalue weighted by Crippen LogP contribution is 2.27. The zero-order valence-corrected chi connectivity index (χ0v) is 19.3. The van der Waals surface area contributed by atoms with E-state index in [4.69, 9.17) is 11.6 Å². The molecule has 3 aromatic rings. The molecule has 0 aliphatic carbocycles. The first kappa shape index (κ1) is 21.7. The lowest BCUT2D eigenvalue weighted by molar-refractivity contribution is -0.113. The Hall–Kier alpha value is -2.51. The van der Waals surface area contributed by atoms with E-state index in [1.807, 2.05) is 48.7 Å². The van der Waals surface area contributed by atoms with Crippen LogP contribution in [0.2, 0.25) is 5.02 Å². The molecule has 0 bridgehead atoms. The molecule has 4 rings (SSSR count). The maximum Gasteiger partial charge on any atom is 0.234 e. The Morgan fingerprint density at radius 3 is 2.55 bits per heavy atom. The van der Waals surface area contributed by atoms with Gasteiger partial charge in [-0.15, -0.1) is 10.2 Å². The number of nitrogens with zero attached hydrogens (tertiary/aromatic N) is 4. The number of nitrogens with one attached hydrogen (secondary N) is 1. The van der Waals surface area contributed by atoms with E-state index in [0.29, 0.717) is 11.6 Å². The Morgan fingerprint density at radius 1 is 1.13 bits per heavy atom. The van der Waals surface area contributed by atoms with Crippen LogP contribution in [0.4, 0.5) is 11.4 Å². The van der Waals surface area contributed by atoms with Gasteiger partial charge in [-0.3, -0.25) is 4.79 Å². The van der Waals surface area contributed by atoms with Crippen molar-refractivity contribution in [2.45, 2.75) is 38.4 Å². The number of hydrogen-bond acceptors (Lipinski definition) is 5. The summed E-state index contributed by atoms with van der Waals surface area (Å²) >= 11 is 7.38. The van der Waals surface area contributed by atoms with Crippen LogP contribution >= 0.6 is 23.4 Å². The smallest absolute Gasteiger partial charge is 0.234 e. The molecule has 1 aliphatic rings. The van der Waals surface area contributed by atoms with Gasteiger partial charge in [0.05, 0.1) is 5.75 Å². The van der Waals surface area contributed by atoms with Crippen LogP contribution in [0.1, 0.15) is 25.3 Å². The summed E-state index contributed by atoms with van der Waals surface area (Å²) in [5, 5.41) is 13.1. The van der Waals surface area contributed by atoms with Crippen LogP contribution in [0.15, 0.2) is 47.6 Å². The molecule has 0 spiro atoms. The second-order valence-corrected chi connectivity index (χ2v) is 8.97. The predicted molar refractivity (Wildman–Crippen MR) is 128 cm³/mol. The van der Waals surface area contributed by atoms with Gasteiger partial charge in [-0.05, 0) is 74.7 Å². The molecular weight excluding hydrogens is 430 g/mol. The Balaban J connectivity index is 1.39. The first-order chi connectivity index (χ1) is 15.0. The second-order valence-electron chi connectivity index (χ2n) is 7.59.